The zero-order valence-electron chi connectivity index (χ0n) is 18.4. The number of halogens is 3. The van der Waals surface area contributed by atoms with Gasteiger partial charge < -0.3 is 14.4 Å². The molecule has 1 fully saturated rings. The molecule has 1 aliphatic heterocycles. The first-order valence-electron chi connectivity index (χ1n) is 9.92. The molecule has 1 aromatic rings. The van der Waals surface area contributed by atoms with Crippen LogP contribution in [0.2, 0.25) is 0 Å². The second-order valence-electron chi connectivity index (χ2n) is 6.84. The number of carbonyl (C=O) groups excluding carboxylic acids is 3. The van der Waals surface area contributed by atoms with Gasteiger partial charge in [0.1, 0.15) is 5.71 Å². The van der Waals surface area contributed by atoms with Crippen LogP contribution >= 0.6 is 0 Å². The van der Waals surface area contributed by atoms with Crippen molar-refractivity contribution in [1.29, 1.82) is 0 Å². The Morgan fingerprint density at radius 3 is 2.38 bits per heavy atom. The average Bonchev–Trinajstić information content (AvgIpc) is 3.00. The summed E-state index contributed by atoms with van der Waals surface area (Å²) in [6.07, 6.45) is -2.84. The normalized spacial score (nSPS) is 17.6. The Morgan fingerprint density at radius 2 is 1.79 bits per heavy atom. The van der Waals surface area contributed by atoms with Crippen molar-refractivity contribution in [3.63, 3.8) is 0 Å². The Hall–Kier alpha value is -3.36. The topological polar surface area (TPSA) is 132 Å². The van der Waals surface area contributed by atoms with Crippen LogP contribution in [0.1, 0.15) is 32.8 Å². The number of rotatable bonds is 7. The zero-order chi connectivity index (χ0) is 25.7. The number of ether oxygens (including phenoxy) is 2. The van der Waals surface area contributed by atoms with Crippen molar-refractivity contribution < 1.29 is 50.3 Å². The van der Waals surface area contributed by atoms with Crippen molar-refractivity contribution in [2.75, 3.05) is 17.5 Å². The summed E-state index contributed by atoms with van der Waals surface area (Å²) < 4.78 is 72.9. The molecule has 0 aliphatic carbocycles. The second kappa shape index (κ2) is 10.7. The molecule has 2 rings (SSSR count). The summed E-state index contributed by atoms with van der Waals surface area (Å²) in [6.45, 7) is 3.70. The Morgan fingerprint density at radius 1 is 1.18 bits per heavy atom. The van der Waals surface area contributed by atoms with E-state index in [9.17, 15) is 36.0 Å². The van der Waals surface area contributed by atoms with Gasteiger partial charge in [0.25, 0.3) is 5.91 Å². The highest BCUT2D eigenvalue weighted by atomic mass is 32.2. The molecule has 11 nitrogen and oxygen atoms in total. The molecular formula is C19H22F3N3O8S. The number of hydrogen-bond acceptors (Lipinski definition) is 9. The molecule has 0 N–H and O–H groups in total. The van der Waals surface area contributed by atoms with Crippen LogP contribution in [0.25, 0.3) is 0 Å². The molecule has 15 heteroatoms. The number of sulfonamides is 1. The molecule has 0 aromatic heterocycles. The van der Waals surface area contributed by atoms with E-state index in [0.717, 1.165) is 6.07 Å². The van der Waals surface area contributed by atoms with Crippen LogP contribution in [0.15, 0.2) is 29.4 Å². The van der Waals surface area contributed by atoms with Crippen LogP contribution in [-0.4, -0.2) is 61.9 Å². The fourth-order valence-corrected chi connectivity index (χ4v) is 3.91. The van der Waals surface area contributed by atoms with Gasteiger partial charge in [0.2, 0.25) is 0 Å². The zero-order valence-corrected chi connectivity index (χ0v) is 19.2. The third-order valence-electron chi connectivity index (χ3n) is 4.54. The van der Waals surface area contributed by atoms with Crippen LogP contribution in [0.3, 0.4) is 0 Å². The van der Waals surface area contributed by atoms with Crippen molar-refractivity contribution in [2.24, 2.45) is 5.16 Å². The van der Waals surface area contributed by atoms with E-state index in [1.165, 1.54) is 36.9 Å². The van der Waals surface area contributed by atoms with E-state index in [0.29, 0.717) is 0 Å². The minimum Gasteiger partial charge on any atom is -0.449 e. The van der Waals surface area contributed by atoms with Gasteiger partial charge in [-0.25, -0.2) is 9.59 Å². The summed E-state index contributed by atoms with van der Waals surface area (Å²) in [6, 6.07) is 4.33. The summed E-state index contributed by atoms with van der Waals surface area (Å²) in [7, 11) is -6.17. The second-order valence-corrected chi connectivity index (χ2v) is 8.62. The molecule has 1 aromatic carbocycles. The Kier molecular flexibility index (Phi) is 8.47. The maximum Gasteiger partial charge on any atom is 0.535 e. The molecule has 1 unspecified atom stereocenters. The van der Waals surface area contributed by atoms with Crippen molar-refractivity contribution in [2.45, 2.75) is 45.3 Å². The van der Waals surface area contributed by atoms with Gasteiger partial charge >= 0.3 is 27.8 Å². The number of anilines is 1. The van der Waals surface area contributed by atoms with Gasteiger partial charge in [0.05, 0.1) is 18.9 Å². The highest BCUT2D eigenvalue weighted by Gasteiger charge is 2.53. The third-order valence-corrected chi connectivity index (χ3v) is 5.95. The number of carbonyl (C=O) groups is 3. The van der Waals surface area contributed by atoms with Gasteiger partial charge in [-0.1, -0.05) is 23.4 Å². The van der Waals surface area contributed by atoms with Crippen molar-refractivity contribution in [3.05, 3.63) is 29.8 Å². The lowest BCUT2D eigenvalue weighted by Gasteiger charge is -2.27. The number of alkyl halides is 3. The Labute approximate surface area is 193 Å². The Bertz CT molecular complexity index is 1070. The molecule has 1 saturated heterocycles. The van der Waals surface area contributed by atoms with E-state index in [1.807, 2.05) is 0 Å². The lowest BCUT2D eigenvalue weighted by Crippen LogP contribution is -2.45. The summed E-state index contributed by atoms with van der Waals surface area (Å²) >= 11 is 0. The van der Waals surface area contributed by atoms with Crippen molar-refractivity contribution in [3.8, 4) is 0 Å². The molecule has 0 spiro atoms. The van der Waals surface area contributed by atoms with E-state index < -0.39 is 49.7 Å². The number of oxime groups is 1. The number of likely N-dealkylation sites (tertiary alicyclic amines) is 1. The van der Waals surface area contributed by atoms with E-state index in [2.05, 4.69) is 19.5 Å². The van der Waals surface area contributed by atoms with Crippen LogP contribution in [0.4, 0.5) is 28.4 Å². The molecular weight excluding hydrogens is 487 g/mol. The van der Waals surface area contributed by atoms with Gasteiger partial charge in [0.15, 0.2) is 0 Å². The smallest absolute Gasteiger partial charge is 0.449 e. The molecule has 188 valence electrons. The fourth-order valence-electron chi connectivity index (χ4n) is 3.02. The van der Waals surface area contributed by atoms with Crippen molar-refractivity contribution >= 4 is 39.6 Å². The van der Waals surface area contributed by atoms with Gasteiger partial charge in [-0.05, 0) is 32.4 Å². The summed E-state index contributed by atoms with van der Waals surface area (Å²) in [5.74, 6) is -0.701. The molecule has 0 bridgehead atoms. The van der Waals surface area contributed by atoms with E-state index in [4.69, 9.17) is 0 Å². The summed E-state index contributed by atoms with van der Waals surface area (Å²) in [5.41, 5.74) is -6.67. The maximum absolute atomic E-state index is 13.3. The number of nitrogens with zero attached hydrogens (tertiary/aromatic N) is 3. The minimum atomic E-state index is -6.17. The number of hydrogen-bond donors (Lipinski definition) is 0. The molecule has 2 amide bonds. The van der Waals surface area contributed by atoms with E-state index in [-0.39, 0.29) is 37.5 Å². The number of benzene rings is 1. The highest BCUT2D eigenvalue weighted by Crippen LogP contribution is 2.34. The van der Waals surface area contributed by atoms with E-state index in [1.54, 1.807) is 6.92 Å². The largest absolute Gasteiger partial charge is 0.535 e. The first kappa shape index (κ1) is 26.9. The maximum atomic E-state index is 13.3. The predicted molar refractivity (Wildman–Crippen MR) is 111 cm³/mol. The summed E-state index contributed by atoms with van der Waals surface area (Å²) in [5, 5.41) is 3.47. The molecule has 0 radical (unpaired) electrons. The van der Waals surface area contributed by atoms with Crippen LogP contribution in [-0.2, 0) is 35.7 Å². The van der Waals surface area contributed by atoms with Gasteiger partial charge in [-0.2, -0.15) is 25.9 Å². The van der Waals surface area contributed by atoms with Crippen LogP contribution in [0.5, 0.6) is 0 Å². The standard InChI is InChI=1S/C19H22F3N3O8S/c1-4-31-17(27)25(34(29,30)19(20,21)22)15-9-7-6-8-13(15)11-24-12(3)10-14(16(24)26)23-33-18(28)32-5-2/h6-9,12H,4-5,10-11H2,1-3H3. The quantitative estimate of drug-likeness (QED) is 0.311. The van der Waals surface area contributed by atoms with Gasteiger partial charge in [0, 0.05) is 19.0 Å². The molecule has 1 heterocycles. The molecule has 34 heavy (non-hydrogen) atoms. The summed E-state index contributed by atoms with van der Waals surface area (Å²) in [4.78, 5) is 42.0. The molecule has 0 saturated carbocycles. The third kappa shape index (κ3) is 5.76. The van der Waals surface area contributed by atoms with Gasteiger partial charge in [-0.15, -0.1) is 0 Å². The number of amides is 2. The first-order chi connectivity index (χ1) is 15.8. The average molecular weight is 509 g/mol. The van der Waals surface area contributed by atoms with Gasteiger partial charge in [-0.3, -0.25) is 9.63 Å². The Balaban J connectivity index is 2.42. The highest BCUT2D eigenvalue weighted by molar-refractivity contribution is 7.94. The SMILES string of the molecule is CCOC(=O)ON=C1CC(C)N(Cc2ccccc2N(C(=O)OCC)S(=O)(=O)C(F)(F)F)C1=O. The first-order valence-corrected chi connectivity index (χ1v) is 11.4. The van der Waals surface area contributed by atoms with Crippen molar-refractivity contribution in [1.82, 2.24) is 4.90 Å². The fraction of sp³-hybridized carbons (Fsp3) is 0.474. The number of para-hydroxylation sites is 1. The van der Waals surface area contributed by atoms with Crippen LogP contribution < -0.4 is 4.31 Å². The predicted octanol–water partition coefficient (Wildman–Crippen LogP) is 3.15. The molecule has 1 aliphatic rings. The van der Waals surface area contributed by atoms with E-state index >= 15 is 0 Å². The van der Waals surface area contributed by atoms with Crippen LogP contribution in [0, 0.1) is 0 Å². The lowest BCUT2D eigenvalue weighted by atomic mass is 10.1. The minimum absolute atomic E-state index is 0.0226. The monoisotopic (exact) mass is 509 g/mol. The lowest BCUT2D eigenvalue weighted by molar-refractivity contribution is -0.124. The molecule has 1 atom stereocenters.